The van der Waals surface area contributed by atoms with Gasteiger partial charge in [-0.1, -0.05) is 25.1 Å². The van der Waals surface area contributed by atoms with Crippen molar-refractivity contribution in [3.05, 3.63) is 65.0 Å². The van der Waals surface area contributed by atoms with Crippen LogP contribution >= 0.6 is 0 Å². The van der Waals surface area contributed by atoms with Gasteiger partial charge < -0.3 is 14.9 Å². The molecule has 0 spiro atoms. The lowest BCUT2D eigenvalue weighted by molar-refractivity contribution is 0.0531. The number of pyridine rings is 1. The zero-order valence-electron chi connectivity index (χ0n) is 15.1. The lowest BCUT2D eigenvalue weighted by atomic mass is 10.1. The van der Waals surface area contributed by atoms with Crippen LogP contribution < -0.4 is 0 Å². The number of benzene rings is 1. The number of carbonyl (C=O) groups is 3. The van der Waals surface area contributed by atoms with Gasteiger partial charge in [0.2, 0.25) is 0 Å². The van der Waals surface area contributed by atoms with Crippen LogP contribution in [-0.4, -0.2) is 63.9 Å². The third kappa shape index (κ3) is 4.13. The Labute approximate surface area is 157 Å². The zero-order chi connectivity index (χ0) is 19.4. The van der Waals surface area contributed by atoms with Gasteiger partial charge in [0.1, 0.15) is 11.4 Å². The number of rotatable bonds is 4. The van der Waals surface area contributed by atoms with Crippen LogP contribution in [0.15, 0.2) is 42.5 Å². The Balaban J connectivity index is 1.62. The molecule has 2 amide bonds. The fourth-order valence-corrected chi connectivity index (χ4v) is 3.01. The summed E-state index contributed by atoms with van der Waals surface area (Å²) in [5.41, 5.74) is 1.76. The van der Waals surface area contributed by atoms with E-state index in [0.29, 0.717) is 31.7 Å². The minimum atomic E-state index is -1.17. The fourth-order valence-electron chi connectivity index (χ4n) is 3.01. The smallest absolute Gasteiger partial charge is 0.354 e. The van der Waals surface area contributed by atoms with Gasteiger partial charge in [-0.05, 0) is 36.2 Å². The summed E-state index contributed by atoms with van der Waals surface area (Å²) in [6.45, 7) is 3.69. The van der Waals surface area contributed by atoms with Crippen LogP contribution in [0.3, 0.4) is 0 Å². The molecule has 3 rings (SSSR count). The Hall–Kier alpha value is -3.22. The van der Waals surface area contributed by atoms with Crippen LogP contribution in [0.25, 0.3) is 0 Å². The Morgan fingerprint density at radius 1 is 0.889 bits per heavy atom. The van der Waals surface area contributed by atoms with Crippen molar-refractivity contribution in [2.45, 2.75) is 13.3 Å². The highest BCUT2D eigenvalue weighted by Crippen LogP contribution is 2.13. The van der Waals surface area contributed by atoms with Gasteiger partial charge in [-0.15, -0.1) is 0 Å². The topological polar surface area (TPSA) is 90.8 Å². The number of aromatic nitrogens is 1. The lowest BCUT2D eigenvalue weighted by Crippen LogP contribution is -2.50. The molecule has 0 saturated carbocycles. The molecule has 0 atom stereocenters. The number of aryl methyl sites for hydroxylation is 1. The number of hydrogen-bond acceptors (Lipinski definition) is 4. The highest BCUT2D eigenvalue weighted by atomic mass is 16.4. The average molecular weight is 367 g/mol. The van der Waals surface area contributed by atoms with Crippen molar-refractivity contribution >= 4 is 17.8 Å². The molecule has 0 aliphatic carbocycles. The quantitative estimate of drug-likeness (QED) is 0.892. The van der Waals surface area contributed by atoms with E-state index >= 15 is 0 Å². The fraction of sp³-hybridized carbons (Fsp3) is 0.300. The number of amides is 2. The van der Waals surface area contributed by atoms with Gasteiger partial charge in [0.05, 0.1) is 0 Å². The molecule has 0 bridgehead atoms. The third-order valence-corrected chi connectivity index (χ3v) is 4.65. The predicted molar refractivity (Wildman–Crippen MR) is 98.8 cm³/mol. The van der Waals surface area contributed by atoms with Crippen LogP contribution in [0.5, 0.6) is 0 Å². The second-order valence-electron chi connectivity index (χ2n) is 6.35. The van der Waals surface area contributed by atoms with Gasteiger partial charge >= 0.3 is 5.97 Å². The number of piperazine rings is 1. The SMILES string of the molecule is CCc1ccc(C(=O)N2CCN(C(=O)c3cccc(C(=O)O)n3)CC2)cc1. The monoisotopic (exact) mass is 367 g/mol. The first-order chi connectivity index (χ1) is 13.0. The molecule has 0 radical (unpaired) electrons. The molecule has 1 aromatic heterocycles. The maximum Gasteiger partial charge on any atom is 0.354 e. The van der Waals surface area contributed by atoms with Crippen molar-refractivity contribution in [3.8, 4) is 0 Å². The molecule has 140 valence electrons. The molecule has 27 heavy (non-hydrogen) atoms. The molecule has 1 aromatic carbocycles. The summed E-state index contributed by atoms with van der Waals surface area (Å²) in [5.74, 6) is -1.54. The van der Waals surface area contributed by atoms with E-state index in [-0.39, 0.29) is 23.2 Å². The van der Waals surface area contributed by atoms with Crippen LogP contribution in [-0.2, 0) is 6.42 Å². The third-order valence-electron chi connectivity index (χ3n) is 4.65. The van der Waals surface area contributed by atoms with E-state index in [9.17, 15) is 14.4 Å². The second kappa shape index (κ2) is 7.99. The van der Waals surface area contributed by atoms with E-state index in [2.05, 4.69) is 11.9 Å². The van der Waals surface area contributed by atoms with Gasteiger partial charge in [-0.3, -0.25) is 9.59 Å². The largest absolute Gasteiger partial charge is 0.477 e. The summed E-state index contributed by atoms with van der Waals surface area (Å²) in [7, 11) is 0. The normalized spacial score (nSPS) is 14.1. The highest BCUT2D eigenvalue weighted by molar-refractivity contribution is 5.96. The molecule has 2 aromatic rings. The highest BCUT2D eigenvalue weighted by Gasteiger charge is 2.26. The molecule has 1 aliphatic heterocycles. The number of hydrogen-bond donors (Lipinski definition) is 1. The number of nitrogens with zero attached hydrogens (tertiary/aromatic N) is 3. The zero-order valence-corrected chi connectivity index (χ0v) is 15.1. The first kappa shape index (κ1) is 18.6. The van der Waals surface area contributed by atoms with Crippen molar-refractivity contribution < 1.29 is 19.5 Å². The number of carbonyl (C=O) groups excluding carboxylic acids is 2. The van der Waals surface area contributed by atoms with Crippen molar-refractivity contribution in [1.82, 2.24) is 14.8 Å². The van der Waals surface area contributed by atoms with Crippen molar-refractivity contribution in [2.75, 3.05) is 26.2 Å². The molecule has 1 aliphatic rings. The molecule has 0 unspecified atom stereocenters. The second-order valence-corrected chi connectivity index (χ2v) is 6.35. The lowest BCUT2D eigenvalue weighted by Gasteiger charge is -2.34. The number of carboxylic acids is 1. The van der Waals surface area contributed by atoms with Gasteiger partial charge in [-0.2, -0.15) is 0 Å². The summed E-state index contributed by atoms with van der Waals surface area (Å²) in [5, 5.41) is 9.01. The van der Waals surface area contributed by atoms with E-state index in [4.69, 9.17) is 5.11 Å². The van der Waals surface area contributed by atoms with E-state index in [1.54, 1.807) is 9.80 Å². The Kier molecular flexibility index (Phi) is 5.49. The summed E-state index contributed by atoms with van der Waals surface area (Å²) in [4.78, 5) is 43.4. The molecule has 2 heterocycles. The van der Waals surface area contributed by atoms with Crippen LogP contribution in [0.4, 0.5) is 0 Å². The van der Waals surface area contributed by atoms with Gasteiger partial charge in [0.15, 0.2) is 0 Å². The standard InChI is InChI=1S/C20H21N3O4/c1-2-14-6-8-15(9-7-14)18(24)22-10-12-23(13-11-22)19(25)16-4-3-5-17(21-16)20(26)27/h3-9H,2,10-13H2,1H3,(H,26,27). The number of aromatic carboxylic acids is 1. The van der Waals surface area contributed by atoms with Crippen molar-refractivity contribution in [3.63, 3.8) is 0 Å². The average Bonchev–Trinajstić information content (AvgIpc) is 2.73. The minimum Gasteiger partial charge on any atom is -0.477 e. The number of carboxylic acid groups (broad SMARTS) is 1. The minimum absolute atomic E-state index is 0.0456. The molecular weight excluding hydrogens is 346 g/mol. The molecule has 7 heteroatoms. The van der Waals surface area contributed by atoms with Crippen molar-refractivity contribution in [1.29, 1.82) is 0 Å². The van der Waals surface area contributed by atoms with Gasteiger partial charge in [0, 0.05) is 31.7 Å². The summed E-state index contributed by atoms with van der Waals surface area (Å²) in [6, 6.07) is 11.9. The Morgan fingerprint density at radius 3 is 2.00 bits per heavy atom. The van der Waals surface area contributed by atoms with E-state index in [1.165, 1.54) is 23.8 Å². The Bertz CT molecular complexity index is 856. The molecule has 1 saturated heterocycles. The molecule has 7 nitrogen and oxygen atoms in total. The first-order valence-corrected chi connectivity index (χ1v) is 8.87. The first-order valence-electron chi connectivity index (χ1n) is 8.87. The van der Waals surface area contributed by atoms with Crippen LogP contribution in [0, 0.1) is 0 Å². The van der Waals surface area contributed by atoms with Gasteiger partial charge in [0.25, 0.3) is 11.8 Å². The predicted octanol–water partition coefficient (Wildman–Crippen LogP) is 1.94. The molecule has 1 fully saturated rings. The van der Waals surface area contributed by atoms with E-state index in [0.717, 1.165) is 6.42 Å². The summed E-state index contributed by atoms with van der Waals surface area (Å²) >= 11 is 0. The van der Waals surface area contributed by atoms with Crippen molar-refractivity contribution in [2.24, 2.45) is 0 Å². The maximum atomic E-state index is 12.6. The van der Waals surface area contributed by atoms with E-state index < -0.39 is 5.97 Å². The molecule has 1 N–H and O–H groups in total. The maximum absolute atomic E-state index is 12.6. The molecular formula is C20H21N3O4. The summed E-state index contributed by atoms with van der Waals surface area (Å²) < 4.78 is 0. The summed E-state index contributed by atoms with van der Waals surface area (Å²) in [6.07, 6.45) is 0.923. The van der Waals surface area contributed by atoms with E-state index in [1.807, 2.05) is 24.3 Å². The van der Waals surface area contributed by atoms with Crippen LogP contribution in [0.2, 0.25) is 0 Å². The van der Waals surface area contributed by atoms with Gasteiger partial charge in [-0.25, -0.2) is 9.78 Å². The Morgan fingerprint density at radius 2 is 1.44 bits per heavy atom. The van der Waals surface area contributed by atoms with Crippen LogP contribution in [0.1, 0.15) is 43.8 Å².